The van der Waals surface area contributed by atoms with Crippen molar-refractivity contribution in [1.82, 2.24) is 4.90 Å². The summed E-state index contributed by atoms with van der Waals surface area (Å²) in [6.45, 7) is 5.89. The molecule has 3 nitrogen and oxygen atoms in total. The number of likely N-dealkylation sites (tertiary alicyclic amines) is 1. The van der Waals surface area contributed by atoms with Crippen LogP contribution < -0.4 is 0 Å². The van der Waals surface area contributed by atoms with Gasteiger partial charge in [-0.3, -0.25) is 0 Å². The van der Waals surface area contributed by atoms with Crippen LogP contribution in [0.1, 0.15) is 39.0 Å². The van der Waals surface area contributed by atoms with E-state index in [9.17, 15) is 0 Å². The van der Waals surface area contributed by atoms with Gasteiger partial charge in [0.05, 0.1) is 6.10 Å². The maximum absolute atomic E-state index is 5.36. The first-order valence-electron chi connectivity index (χ1n) is 7.48. The summed E-state index contributed by atoms with van der Waals surface area (Å²) in [7, 11) is 3.65. The standard InChI is InChI=1S/C15H29NO2/c1-12-8-13(5-7-17-2)4-6-16(12)11-14-9-15(10-14)18-3/h12-15H,4-11H2,1-3H3/t12-,13-,14?,15?/m0/s1. The van der Waals surface area contributed by atoms with Crippen molar-refractivity contribution in [1.29, 1.82) is 0 Å². The third-order valence-electron chi connectivity index (χ3n) is 4.87. The molecule has 0 spiro atoms. The van der Waals surface area contributed by atoms with Gasteiger partial charge in [0.25, 0.3) is 0 Å². The van der Waals surface area contributed by atoms with Gasteiger partial charge in [-0.15, -0.1) is 0 Å². The summed E-state index contributed by atoms with van der Waals surface area (Å²) >= 11 is 0. The molecule has 1 aliphatic heterocycles. The molecule has 1 saturated carbocycles. The van der Waals surface area contributed by atoms with Crippen molar-refractivity contribution in [3.8, 4) is 0 Å². The van der Waals surface area contributed by atoms with Crippen LogP contribution in [-0.2, 0) is 9.47 Å². The number of rotatable bonds is 6. The lowest BCUT2D eigenvalue weighted by atomic mass is 9.80. The SMILES string of the molecule is COCC[C@@H]1CCN(CC2CC(OC)C2)[C@@H](C)C1. The first kappa shape index (κ1) is 14.3. The van der Waals surface area contributed by atoms with Crippen LogP contribution in [0.2, 0.25) is 0 Å². The molecule has 0 aromatic rings. The average molecular weight is 255 g/mol. The van der Waals surface area contributed by atoms with Crippen LogP contribution in [0.4, 0.5) is 0 Å². The Morgan fingerprint density at radius 3 is 2.50 bits per heavy atom. The van der Waals surface area contributed by atoms with Gasteiger partial charge in [0.2, 0.25) is 0 Å². The first-order valence-corrected chi connectivity index (χ1v) is 7.48. The predicted molar refractivity (Wildman–Crippen MR) is 73.8 cm³/mol. The zero-order chi connectivity index (χ0) is 13.0. The molecule has 0 radical (unpaired) electrons. The van der Waals surface area contributed by atoms with Crippen molar-refractivity contribution >= 4 is 0 Å². The summed E-state index contributed by atoms with van der Waals surface area (Å²) in [6.07, 6.45) is 7.03. The Kier molecular flexibility index (Phi) is 5.46. The van der Waals surface area contributed by atoms with E-state index in [0.29, 0.717) is 6.10 Å². The molecule has 1 heterocycles. The zero-order valence-corrected chi connectivity index (χ0v) is 12.2. The summed E-state index contributed by atoms with van der Waals surface area (Å²) in [5.74, 6) is 1.76. The molecule has 2 atom stereocenters. The van der Waals surface area contributed by atoms with Gasteiger partial charge >= 0.3 is 0 Å². The van der Waals surface area contributed by atoms with Crippen LogP contribution in [0.3, 0.4) is 0 Å². The molecule has 3 heteroatoms. The van der Waals surface area contributed by atoms with Crippen molar-refractivity contribution < 1.29 is 9.47 Å². The van der Waals surface area contributed by atoms with Crippen molar-refractivity contribution in [3.63, 3.8) is 0 Å². The maximum atomic E-state index is 5.36. The Morgan fingerprint density at radius 2 is 1.89 bits per heavy atom. The Hall–Kier alpha value is -0.120. The van der Waals surface area contributed by atoms with E-state index < -0.39 is 0 Å². The normalized spacial score (nSPS) is 37.5. The maximum Gasteiger partial charge on any atom is 0.0577 e. The van der Waals surface area contributed by atoms with E-state index in [4.69, 9.17) is 9.47 Å². The minimum absolute atomic E-state index is 0.546. The lowest BCUT2D eigenvalue weighted by Crippen LogP contribution is -2.46. The third kappa shape index (κ3) is 3.69. The highest BCUT2D eigenvalue weighted by Gasteiger charge is 2.33. The number of piperidine rings is 1. The fourth-order valence-electron chi connectivity index (χ4n) is 3.48. The molecule has 2 fully saturated rings. The van der Waals surface area contributed by atoms with Gasteiger partial charge in [-0.05, 0) is 57.4 Å². The number of hydrogen-bond acceptors (Lipinski definition) is 3. The predicted octanol–water partition coefficient (Wildman–Crippen LogP) is 2.55. The van der Waals surface area contributed by atoms with Gasteiger partial charge in [-0.25, -0.2) is 0 Å². The summed E-state index contributed by atoms with van der Waals surface area (Å²) in [6, 6.07) is 0.752. The summed E-state index contributed by atoms with van der Waals surface area (Å²) in [4.78, 5) is 2.69. The van der Waals surface area contributed by atoms with Crippen LogP contribution in [0.25, 0.3) is 0 Å². The van der Waals surface area contributed by atoms with Crippen LogP contribution in [-0.4, -0.2) is 51.0 Å². The van der Waals surface area contributed by atoms with E-state index in [1.165, 1.54) is 45.2 Å². The van der Waals surface area contributed by atoms with Gasteiger partial charge in [-0.1, -0.05) is 0 Å². The van der Waals surface area contributed by atoms with Crippen LogP contribution >= 0.6 is 0 Å². The van der Waals surface area contributed by atoms with Crippen LogP contribution in [0.15, 0.2) is 0 Å². The number of ether oxygens (including phenoxy) is 2. The largest absolute Gasteiger partial charge is 0.385 e. The monoisotopic (exact) mass is 255 g/mol. The van der Waals surface area contributed by atoms with Crippen molar-refractivity contribution in [2.75, 3.05) is 33.9 Å². The fourth-order valence-corrected chi connectivity index (χ4v) is 3.48. The molecule has 0 aromatic carbocycles. The minimum atomic E-state index is 0.546. The molecule has 106 valence electrons. The molecule has 0 N–H and O–H groups in total. The summed E-state index contributed by atoms with van der Waals surface area (Å²) in [5, 5.41) is 0. The third-order valence-corrected chi connectivity index (χ3v) is 4.87. The lowest BCUT2D eigenvalue weighted by molar-refractivity contribution is -0.0217. The van der Waals surface area contributed by atoms with Gasteiger partial charge in [-0.2, -0.15) is 0 Å². The molecule has 2 rings (SSSR count). The molecule has 2 aliphatic rings. The van der Waals surface area contributed by atoms with E-state index in [1.54, 1.807) is 7.11 Å². The zero-order valence-electron chi connectivity index (χ0n) is 12.2. The van der Waals surface area contributed by atoms with Crippen molar-refractivity contribution in [2.45, 2.75) is 51.2 Å². The fraction of sp³-hybridized carbons (Fsp3) is 1.00. The van der Waals surface area contributed by atoms with E-state index in [1.807, 2.05) is 7.11 Å². The smallest absolute Gasteiger partial charge is 0.0577 e. The number of hydrogen-bond donors (Lipinski definition) is 0. The number of nitrogens with zero attached hydrogens (tertiary/aromatic N) is 1. The van der Waals surface area contributed by atoms with Gasteiger partial charge < -0.3 is 14.4 Å². The lowest BCUT2D eigenvalue weighted by Gasteiger charge is -2.43. The molecular weight excluding hydrogens is 226 g/mol. The number of methoxy groups -OCH3 is 2. The topological polar surface area (TPSA) is 21.7 Å². The second kappa shape index (κ2) is 6.88. The second-order valence-corrected chi connectivity index (χ2v) is 6.21. The Bertz CT molecular complexity index is 241. The molecule has 1 aliphatic carbocycles. The van der Waals surface area contributed by atoms with Crippen molar-refractivity contribution in [2.24, 2.45) is 11.8 Å². The van der Waals surface area contributed by atoms with E-state index >= 15 is 0 Å². The molecular formula is C15H29NO2. The van der Waals surface area contributed by atoms with Crippen LogP contribution in [0, 0.1) is 11.8 Å². The van der Waals surface area contributed by atoms with Gasteiger partial charge in [0, 0.05) is 33.4 Å². The quantitative estimate of drug-likeness (QED) is 0.728. The molecule has 0 aromatic heterocycles. The van der Waals surface area contributed by atoms with Gasteiger partial charge in [0.1, 0.15) is 0 Å². The Balaban J connectivity index is 1.66. The first-order chi connectivity index (χ1) is 8.72. The summed E-state index contributed by atoms with van der Waals surface area (Å²) in [5.41, 5.74) is 0. The van der Waals surface area contributed by atoms with Gasteiger partial charge in [0.15, 0.2) is 0 Å². The Labute approximate surface area is 112 Å². The molecule has 18 heavy (non-hydrogen) atoms. The van der Waals surface area contributed by atoms with Crippen LogP contribution in [0.5, 0.6) is 0 Å². The molecule has 1 saturated heterocycles. The highest BCUT2D eigenvalue weighted by Crippen LogP contribution is 2.33. The van der Waals surface area contributed by atoms with E-state index in [2.05, 4.69) is 11.8 Å². The summed E-state index contributed by atoms with van der Waals surface area (Å²) < 4.78 is 10.6. The average Bonchev–Trinajstić information content (AvgIpc) is 2.32. The second-order valence-electron chi connectivity index (χ2n) is 6.21. The highest BCUT2D eigenvalue weighted by molar-refractivity contribution is 4.86. The Morgan fingerprint density at radius 1 is 1.11 bits per heavy atom. The molecule has 0 bridgehead atoms. The minimum Gasteiger partial charge on any atom is -0.385 e. The van der Waals surface area contributed by atoms with E-state index in [0.717, 1.165) is 24.5 Å². The molecule has 0 unspecified atom stereocenters. The highest BCUT2D eigenvalue weighted by atomic mass is 16.5. The van der Waals surface area contributed by atoms with E-state index in [-0.39, 0.29) is 0 Å². The molecule has 0 amide bonds. The van der Waals surface area contributed by atoms with Crippen molar-refractivity contribution in [3.05, 3.63) is 0 Å².